The number of hydrogen-bond donors (Lipinski definition) is 3. The molecule has 116 valence electrons. The summed E-state index contributed by atoms with van der Waals surface area (Å²) >= 11 is 0. The minimum atomic E-state index is 0.0593. The highest BCUT2D eigenvalue weighted by molar-refractivity contribution is 5.68. The molecule has 0 amide bonds. The van der Waals surface area contributed by atoms with Crippen molar-refractivity contribution >= 4 is 5.69 Å². The summed E-state index contributed by atoms with van der Waals surface area (Å²) in [4.78, 5) is 0. The summed E-state index contributed by atoms with van der Waals surface area (Å²) in [7, 11) is 0. The molecule has 0 aliphatic rings. The molecule has 3 nitrogen and oxygen atoms in total. The lowest BCUT2D eigenvalue weighted by atomic mass is 9.98. The van der Waals surface area contributed by atoms with Crippen LogP contribution in [0.3, 0.4) is 0 Å². The number of anilines is 1. The fourth-order valence-corrected chi connectivity index (χ4v) is 2.56. The molecule has 0 aliphatic heterocycles. The first-order chi connectivity index (χ1) is 11.4. The lowest BCUT2D eigenvalue weighted by Gasteiger charge is -2.13. The first-order valence-electron chi connectivity index (χ1n) is 7.69. The molecule has 0 atom stereocenters. The van der Waals surface area contributed by atoms with Gasteiger partial charge < -0.3 is 10.5 Å². The highest BCUT2D eigenvalue weighted by Crippen LogP contribution is 2.24. The van der Waals surface area contributed by atoms with Crippen molar-refractivity contribution < 1.29 is 5.11 Å². The molecule has 0 unspecified atom stereocenters. The molecule has 0 radical (unpaired) electrons. The maximum atomic E-state index is 9.32. The van der Waals surface area contributed by atoms with Gasteiger partial charge in [0.25, 0.3) is 0 Å². The third kappa shape index (κ3) is 3.97. The molecule has 23 heavy (non-hydrogen) atoms. The molecular weight excluding hydrogens is 284 g/mol. The number of aliphatic hydroxyl groups excluding tert-OH is 1. The van der Waals surface area contributed by atoms with Crippen LogP contribution in [0.4, 0.5) is 5.69 Å². The second kappa shape index (κ2) is 7.58. The van der Waals surface area contributed by atoms with Gasteiger partial charge in [-0.1, -0.05) is 60.7 Å². The van der Waals surface area contributed by atoms with Crippen LogP contribution in [0.5, 0.6) is 0 Å². The Hall–Kier alpha value is -2.62. The summed E-state index contributed by atoms with van der Waals surface area (Å²) in [5.74, 6) is 0. The molecule has 0 heterocycles. The average molecular weight is 304 g/mol. The Morgan fingerprint density at radius 2 is 1.57 bits per heavy atom. The molecule has 3 aromatic carbocycles. The maximum absolute atomic E-state index is 9.32. The summed E-state index contributed by atoms with van der Waals surface area (Å²) < 4.78 is 0. The van der Waals surface area contributed by atoms with E-state index in [-0.39, 0.29) is 6.61 Å². The predicted octanol–water partition coefficient (Wildman–Crippen LogP) is 3.96. The highest BCUT2D eigenvalue weighted by atomic mass is 16.3. The lowest BCUT2D eigenvalue weighted by Crippen LogP contribution is -2.21. The predicted molar refractivity (Wildman–Crippen MR) is 94.7 cm³/mol. The number of rotatable bonds is 6. The Balaban J connectivity index is 1.75. The number of aliphatic hydroxyl groups is 1. The van der Waals surface area contributed by atoms with Gasteiger partial charge >= 0.3 is 0 Å². The second-order valence-corrected chi connectivity index (χ2v) is 5.36. The zero-order valence-electron chi connectivity index (χ0n) is 12.9. The van der Waals surface area contributed by atoms with Crippen LogP contribution < -0.4 is 10.9 Å². The highest BCUT2D eigenvalue weighted by Gasteiger charge is 2.05. The van der Waals surface area contributed by atoms with E-state index in [1.54, 1.807) is 0 Å². The first-order valence-corrected chi connectivity index (χ1v) is 7.69. The van der Waals surface area contributed by atoms with Crippen LogP contribution in [0, 0.1) is 0 Å². The van der Waals surface area contributed by atoms with Crippen LogP contribution in [0.2, 0.25) is 0 Å². The topological polar surface area (TPSA) is 44.3 Å². The number of hydrogen-bond acceptors (Lipinski definition) is 3. The van der Waals surface area contributed by atoms with E-state index in [1.807, 2.05) is 60.7 Å². The summed E-state index contributed by atoms with van der Waals surface area (Å²) in [6, 6.07) is 26.3. The van der Waals surface area contributed by atoms with Gasteiger partial charge in [0, 0.05) is 12.2 Å². The van der Waals surface area contributed by atoms with Gasteiger partial charge in [-0.15, -0.1) is 0 Å². The minimum absolute atomic E-state index is 0.0593. The van der Waals surface area contributed by atoms with Crippen LogP contribution in [0.25, 0.3) is 11.1 Å². The first kappa shape index (κ1) is 15.3. The van der Waals surface area contributed by atoms with Gasteiger partial charge in [0.1, 0.15) is 0 Å². The average Bonchev–Trinajstić information content (AvgIpc) is 2.63. The summed E-state index contributed by atoms with van der Waals surface area (Å²) in [6.07, 6.45) is 0. The largest absolute Gasteiger partial charge is 0.392 e. The molecular formula is C20H20N2O. The van der Waals surface area contributed by atoms with Crippen molar-refractivity contribution in [1.29, 1.82) is 0 Å². The van der Waals surface area contributed by atoms with Crippen LogP contribution in [0.15, 0.2) is 78.9 Å². The molecule has 0 bridgehead atoms. The second-order valence-electron chi connectivity index (χ2n) is 5.36. The molecule has 3 heteroatoms. The maximum Gasteiger partial charge on any atom is 0.0682 e. The van der Waals surface area contributed by atoms with Crippen molar-refractivity contribution in [3.05, 3.63) is 90.0 Å². The Morgan fingerprint density at radius 1 is 0.783 bits per heavy atom. The van der Waals surface area contributed by atoms with E-state index in [0.29, 0.717) is 6.54 Å². The van der Waals surface area contributed by atoms with E-state index < -0.39 is 0 Å². The normalized spacial score (nSPS) is 10.5. The van der Waals surface area contributed by atoms with E-state index in [2.05, 4.69) is 29.1 Å². The fourth-order valence-electron chi connectivity index (χ4n) is 2.56. The van der Waals surface area contributed by atoms with Crippen molar-refractivity contribution in [2.24, 2.45) is 0 Å². The Labute approximate surface area is 136 Å². The van der Waals surface area contributed by atoms with Crippen molar-refractivity contribution in [3.8, 4) is 11.1 Å². The monoisotopic (exact) mass is 304 g/mol. The smallest absolute Gasteiger partial charge is 0.0682 e. The van der Waals surface area contributed by atoms with E-state index in [4.69, 9.17) is 0 Å². The van der Waals surface area contributed by atoms with E-state index in [1.165, 1.54) is 11.1 Å². The van der Waals surface area contributed by atoms with Gasteiger partial charge in [0.05, 0.1) is 6.61 Å². The van der Waals surface area contributed by atoms with Crippen LogP contribution in [0.1, 0.15) is 11.1 Å². The van der Waals surface area contributed by atoms with E-state index in [9.17, 15) is 5.11 Å². The van der Waals surface area contributed by atoms with Crippen molar-refractivity contribution in [3.63, 3.8) is 0 Å². The third-order valence-electron chi connectivity index (χ3n) is 3.72. The SMILES string of the molecule is OCc1cccc(-c2ccccc2CNNc2ccccc2)c1. The molecule has 3 N–H and O–H groups in total. The van der Waals surface area contributed by atoms with Crippen LogP contribution in [-0.2, 0) is 13.2 Å². The van der Waals surface area contributed by atoms with Gasteiger partial charge in [-0.05, 0) is 40.5 Å². The van der Waals surface area contributed by atoms with Gasteiger partial charge in [0.2, 0.25) is 0 Å². The van der Waals surface area contributed by atoms with E-state index in [0.717, 1.165) is 16.8 Å². The van der Waals surface area contributed by atoms with Crippen LogP contribution in [-0.4, -0.2) is 5.11 Å². The van der Waals surface area contributed by atoms with Crippen molar-refractivity contribution in [2.45, 2.75) is 13.2 Å². The van der Waals surface area contributed by atoms with Crippen LogP contribution >= 0.6 is 0 Å². The molecule has 0 saturated heterocycles. The number of para-hydroxylation sites is 1. The lowest BCUT2D eigenvalue weighted by molar-refractivity contribution is 0.282. The van der Waals surface area contributed by atoms with E-state index >= 15 is 0 Å². The Morgan fingerprint density at radius 3 is 2.39 bits per heavy atom. The van der Waals surface area contributed by atoms with Crippen molar-refractivity contribution in [2.75, 3.05) is 5.43 Å². The number of hydrazine groups is 1. The molecule has 0 aromatic heterocycles. The summed E-state index contributed by atoms with van der Waals surface area (Å²) in [6.45, 7) is 0.762. The van der Waals surface area contributed by atoms with Crippen molar-refractivity contribution in [1.82, 2.24) is 5.43 Å². The van der Waals surface area contributed by atoms with Gasteiger partial charge in [-0.3, -0.25) is 0 Å². The third-order valence-corrected chi connectivity index (χ3v) is 3.72. The number of nitrogens with one attached hydrogen (secondary N) is 2. The molecule has 3 aromatic rings. The summed E-state index contributed by atoms with van der Waals surface area (Å²) in [5.41, 5.74) is 11.9. The van der Waals surface area contributed by atoms with Gasteiger partial charge in [-0.25, -0.2) is 5.43 Å². The molecule has 0 spiro atoms. The molecule has 0 aliphatic carbocycles. The Bertz CT molecular complexity index is 756. The minimum Gasteiger partial charge on any atom is -0.392 e. The quantitative estimate of drug-likeness (QED) is 0.604. The standard InChI is InChI=1S/C20H20N2O/c23-15-16-7-6-9-17(13-16)20-12-5-4-8-18(20)14-21-22-19-10-2-1-3-11-19/h1-13,21-23H,14-15H2. The van der Waals surface area contributed by atoms with Gasteiger partial charge in [-0.2, -0.15) is 0 Å². The fraction of sp³-hybridized carbons (Fsp3) is 0.100. The summed E-state index contributed by atoms with van der Waals surface area (Å²) in [5, 5.41) is 9.32. The molecule has 0 fully saturated rings. The zero-order valence-corrected chi connectivity index (χ0v) is 12.9. The molecule has 3 rings (SSSR count). The molecule has 0 saturated carbocycles. The zero-order chi connectivity index (χ0) is 15.9. The Kier molecular flexibility index (Phi) is 5.04. The number of benzene rings is 3. The van der Waals surface area contributed by atoms with Gasteiger partial charge in [0.15, 0.2) is 0 Å².